The van der Waals surface area contributed by atoms with Gasteiger partial charge >= 0.3 is 5.97 Å². The number of H-pyrrole nitrogens is 1. The maximum absolute atomic E-state index is 12.2. The molecule has 0 spiro atoms. The van der Waals surface area contributed by atoms with Crippen LogP contribution in [0.3, 0.4) is 0 Å². The maximum Gasteiger partial charge on any atom is 0.337 e. The fourth-order valence-electron chi connectivity index (χ4n) is 4.44. The van der Waals surface area contributed by atoms with Crippen molar-refractivity contribution in [1.29, 1.82) is 0 Å². The van der Waals surface area contributed by atoms with E-state index in [9.17, 15) is 9.59 Å². The minimum absolute atomic E-state index is 0.169. The monoisotopic (exact) mass is 406 g/mol. The SMILES string of the molecule is COC(=O)c1ccc2c(c1)-c1cc(COC=O)ccc1C2(CC(C)C)c1nn[nH]n1. The fourth-order valence-corrected chi connectivity index (χ4v) is 4.44. The maximum atomic E-state index is 12.2. The second-order valence-electron chi connectivity index (χ2n) is 7.78. The Morgan fingerprint density at radius 2 is 1.90 bits per heavy atom. The third-order valence-electron chi connectivity index (χ3n) is 5.49. The highest BCUT2D eigenvalue weighted by molar-refractivity contribution is 5.93. The van der Waals surface area contributed by atoms with E-state index in [1.807, 2.05) is 30.3 Å². The molecule has 0 saturated carbocycles. The van der Waals surface area contributed by atoms with Gasteiger partial charge in [-0.2, -0.15) is 5.21 Å². The Morgan fingerprint density at radius 1 is 1.17 bits per heavy atom. The van der Waals surface area contributed by atoms with Crippen molar-refractivity contribution >= 4 is 12.4 Å². The molecule has 1 N–H and O–H groups in total. The highest BCUT2D eigenvalue weighted by atomic mass is 16.5. The van der Waals surface area contributed by atoms with E-state index in [1.165, 1.54) is 7.11 Å². The molecule has 8 nitrogen and oxygen atoms in total. The summed E-state index contributed by atoms with van der Waals surface area (Å²) in [5, 5.41) is 15.1. The highest BCUT2D eigenvalue weighted by Gasteiger charge is 2.48. The largest absolute Gasteiger partial charge is 0.465 e. The van der Waals surface area contributed by atoms with Crippen LogP contribution in [-0.2, 0) is 26.3 Å². The molecule has 8 heteroatoms. The van der Waals surface area contributed by atoms with Crippen LogP contribution in [0.5, 0.6) is 0 Å². The molecule has 1 aliphatic rings. The van der Waals surface area contributed by atoms with Gasteiger partial charge < -0.3 is 9.47 Å². The number of carbonyl (C=O) groups is 2. The van der Waals surface area contributed by atoms with Crippen molar-refractivity contribution in [1.82, 2.24) is 20.6 Å². The van der Waals surface area contributed by atoms with Crippen molar-refractivity contribution in [2.45, 2.75) is 32.3 Å². The summed E-state index contributed by atoms with van der Waals surface area (Å²) in [4.78, 5) is 22.8. The number of carbonyl (C=O) groups excluding carboxylic acids is 2. The van der Waals surface area contributed by atoms with Crippen LogP contribution in [0.1, 0.15) is 53.1 Å². The molecule has 0 amide bonds. The normalized spacial score (nSPS) is 16.8. The number of rotatable bonds is 7. The van der Waals surface area contributed by atoms with Crippen LogP contribution in [0.2, 0.25) is 0 Å². The molecule has 154 valence electrons. The summed E-state index contributed by atoms with van der Waals surface area (Å²) in [5.74, 6) is 0.514. The summed E-state index contributed by atoms with van der Waals surface area (Å²) in [7, 11) is 1.36. The van der Waals surface area contributed by atoms with Crippen LogP contribution in [0.15, 0.2) is 36.4 Å². The molecule has 1 heterocycles. The van der Waals surface area contributed by atoms with Crippen LogP contribution in [0, 0.1) is 5.92 Å². The average molecular weight is 406 g/mol. The van der Waals surface area contributed by atoms with Crippen molar-refractivity contribution in [2.75, 3.05) is 7.11 Å². The molecule has 1 atom stereocenters. The van der Waals surface area contributed by atoms with Gasteiger partial charge in [0.25, 0.3) is 6.47 Å². The Bertz CT molecular complexity index is 1090. The highest BCUT2D eigenvalue weighted by Crippen LogP contribution is 2.54. The lowest BCUT2D eigenvalue weighted by atomic mass is 9.71. The molecule has 0 bridgehead atoms. The average Bonchev–Trinajstić information content (AvgIpc) is 3.37. The summed E-state index contributed by atoms with van der Waals surface area (Å²) in [5.41, 5.74) is 4.61. The molecule has 4 rings (SSSR count). The van der Waals surface area contributed by atoms with Crippen molar-refractivity contribution in [2.24, 2.45) is 5.92 Å². The van der Waals surface area contributed by atoms with E-state index in [2.05, 4.69) is 34.5 Å². The first-order valence-electron chi connectivity index (χ1n) is 9.67. The standard InChI is InChI=1S/C22H22N4O4/c1-13(2)10-22(21-23-25-26-24-21)18-6-4-14(11-30-12-27)8-16(18)17-9-15(20(28)29-3)5-7-19(17)22/h4-9,12-13H,10-11H2,1-3H3,(H,23,24,25,26). The van der Waals surface area contributed by atoms with Crippen LogP contribution in [-0.4, -0.2) is 40.2 Å². The molecule has 1 aliphatic carbocycles. The van der Waals surface area contributed by atoms with Gasteiger partial charge in [0.05, 0.1) is 18.1 Å². The summed E-state index contributed by atoms with van der Waals surface area (Å²) in [6.45, 7) is 4.89. The lowest BCUT2D eigenvalue weighted by Gasteiger charge is -2.30. The van der Waals surface area contributed by atoms with E-state index in [4.69, 9.17) is 9.47 Å². The number of benzene rings is 2. The summed E-state index contributed by atoms with van der Waals surface area (Å²) in [6, 6.07) is 11.5. The van der Waals surface area contributed by atoms with Crippen molar-refractivity contribution in [3.63, 3.8) is 0 Å². The number of hydrogen-bond acceptors (Lipinski definition) is 7. The number of tetrazole rings is 1. The van der Waals surface area contributed by atoms with E-state index in [0.717, 1.165) is 34.2 Å². The first kappa shape index (κ1) is 19.8. The Morgan fingerprint density at radius 3 is 2.53 bits per heavy atom. The van der Waals surface area contributed by atoms with E-state index in [1.54, 1.807) is 6.07 Å². The van der Waals surface area contributed by atoms with E-state index >= 15 is 0 Å². The summed E-state index contributed by atoms with van der Waals surface area (Å²) < 4.78 is 9.85. The number of ether oxygens (including phenoxy) is 2. The third-order valence-corrected chi connectivity index (χ3v) is 5.49. The molecule has 1 aromatic heterocycles. The number of aromatic amines is 1. The quantitative estimate of drug-likeness (QED) is 0.475. The number of hydrogen-bond donors (Lipinski definition) is 1. The minimum atomic E-state index is -0.607. The van der Waals surface area contributed by atoms with Crippen molar-refractivity contribution < 1.29 is 19.1 Å². The lowest BCUT2D eigenvalue weighted by Crippen LogP contribution is -2.30. The first-order valence-corrected chi connectivity index (χ1v) is 9.67. The number of aromatic nitrogens is 4. The van der Waals surface area contributed by atoms with Crippen molar-refractivity contribution in [3.8, 4) is 11.1 Å². The van der Waals surface area contributed by atoms with Gasteiger partial charge in [0.2, 0.25) is 0 Å². The summed E-state index contributed by atoms with van der Waals surface area (Å²) >= 11 is 0. The van der Waals surface area contributed by atoms with Gasteiger partial charge in [-0.15, -0.1) is 10.2 Å². The van der Waals surface area contributed by atoms with E-state index in [0.29, 0.717) is 23.8 Å². The number of fused-ring (bicyclic) bond motifs is 3. The molecule has 0 aliphatic heterocycles. The molecular formula is C22H22N4O4. The van der Waals surface area contributed by atoms with Gasteiger partial charge in [-0.1, -0.05) is 37.3 Å². The van der Waals surface area contributed by atoms with Crippen LogP contribution >= 0.6 is 0 Å². The fraction of sp³-hybridized carbons (Fsp3) is 0.318. The van der Waals surface area contributed by atoms with Crippen LogP contribution in [0.25, 0.3) is 11.1 Å². The Balaban J connectivity index is 2.00. The van der Waals surface area contributed by atoms with Gasteiger partial charge in [-0.3, -0.25) is 4.79 Å². The number of esters is 1. The van der Waals surface area contributed by atoms with Gasteiger partial charge in [-0.25, -0.2) is 4.79 Å². The molecule has 1 unspecified atom stereocenters. The Hall–Kier alpha value is -3.55. The molecule has 2 aromatic carbocycles. The third kappa shape index (κ3) is 3.04. The predicted octanol–water partition coefficient (Wildman–Crippen LogP) is 3.02. The Kier molecular flexibility index (Phi) is 5.07. The minimum Gasteiger partial charge on any atom is -0.465 e. The van der Waals surface area contributed by atoms with Gasteiger partial charge in [0, 0.05) is 0 Å². The van der Waals surface area contributed by atoms with Gasteiger partial charge in [-0.05, 0) is 58.4 Å². The van der Waals surface area contributed by atoms with Crippen molar-refractivity contribution in [3.05, 3.63) is 64.5 Å². The predicted molar refractivity (Wildman–Crippen MR) is 108 cm³/mol. The second-order valence-corrected chi connectivity index (χ2v) is 7.78. The second kappa shape index (κ2) is 7.70. The van der Waals surface area contributed by atoms with Crippen LogP contribution < -0.4 is 0 Å². The van der Waals surface area contributed by atoms with Crippen LogP contribution in [0.4, 0.5) is 0 Å². The van der Waals surface area contributed by atoms with E-state index in [-0.39, 0.29) is 6.61 Å². The molecular weight excluding hydrogens is 384 g/mol. The zero-order valence-electron chi connectivity index (χ0n) is 17.0. The lowest BCUT2D eigenvalue weighted by molar-refractivity contribution is -0.129. The number of nitrogens with zero attached hydrogens (tertiary/aromatic N) is 3. The summed E-state index contributed by atoms with van der Waals surface area (Å²) in [6.07, 6.45) is 0.758. The molecule has 0 saturated heterocycles. The molecule has 30 heavy (non-hydrogen) atoms. The Labute approximate surface area is 173 Å². The molecule has 0 radical (unpaired) electrons. The first-order chi connectivity index (χ1) is 14.5. The number of methoxy groups -OCH3 is 1. The topological polar surface area (TPSA) is 107 Å². The zero-order chi connectivity index (χ0) is 21.3. The van der Waals surface area contributed by atoms with Gasteiger partial charge in [0.15, 0.2) is 5.82 Å². The smallest absolute Gasteiger partial charge is 0.337 e. The zero-order valence-corrected chi connectivity index (χ0v) is 17.0. The number of nitrogens with one attached hydrogen (secondary N) is 1. The van der Waals surface area contributed by atoms with E-state index < -0.39 is 11.4 Å². The molecule has 3 aromatic rings. The molecule has 0 fully saturated rings. The van der Waals surface area contributed by atoms with Gasteiger partial charge in [0.1, 0.15) is 6.61 Å².